The van der Waals surface area contributed by atoms with Crippen LogP contribution < -0.4 is 10.2 Å². The highest BCUT2D eigenvalue weighted by molar-refractivity contribution is 8.00. The van der Waals surface area contributed by atoms with E-state index in [0.29, 0.717) is 40.8 Å². The Labute approximate surface area is 256 Å². The van der Waals surface area contributed by atoms with Gasteiger partial charge in [-0.1, -0.05) is 53.7 Å². The van der Waals surface area contributed by atoms with Gasteiger partial charge in [-0.15, -0.1) is 0 Å². The molecule has 0 radical (unpaired) electrons. The average molecular weight is 607 g/mol. The van der Waals surface area contributed by atoms with Crippen molar-refractivity contribution in [1.82, 2.24) is 15.1 Å². The van der Waals surface area contributed by atoms with E-state index in [9.17, 15) is 14.0 Å². The lowest BCUT2D eigenvalue weighted by Gasteiger charge is -2.32. The Bertz CT molecular complexity index is 1430. The number of benzene rings is 3. The molecule has 3 heterocycles. The molecule has 6 rings (SSSR count). The zero-order valence-corrected chi connectivity index (χ0v) is 25.2. The number of carbonyl (C=O) groups is 2. The van der Waals surface area contributed by atoms with Gasteiger partial charge < -0.3 is 15.1 Å². The van der Waals surface area contributed by atoms with Crippen LogP contribution in [-0.4, -0.2) is 59.8 Å². The molecule has 3 aliphatic heterocycles. The van der Waals surface area contributed by atoms with Gasteiger partial charge in [0.25, 0.3) is 5.91 Å². The van der Waals surface area contributed by atoms with Crippen molar-refractivity contribution < 1.29 is 14.0 Å². The van der Waals surface area contributed by atoms with Crippen molar-refractivity contribution in [1.29, 1.82) is 0 Å². The molecule has 0 spiro atoms. The monoisotopic (exact) mass is 606 g/mol. The maximum Gasteiger partial charge on any atom is 0.325 e. The summed E-state index contributed by atoms with van der Waals surface area (Å²) in [6.45, 7) is 4.25. The fourth-order valence-corrected chi connectivity index (χ4v) is 7.74. The number of nitrogens with zero attached hydrogens (tertiary/aromatic N) is 3. The zero-order valence-electron chi connectivity index (χ0n) is 23.6. The van der Waals surface area contributed by atoms with Gasteiger partial charge in [0.2, 0.25) is 0 Å². The number of thioether (sulfide) groups is 1. The van der Waals surface area contributed by atoms with Crippen molar-refractivity contribution >= 4 is 41.0 Å². The van der Waals surface area contributed by atoms with Gasteiger partial charge in [0, 0.05) is 35.1 Å². The first kappa shape index (κ1) is 29.0. The summed E-state index contributed by atoms with van der Waals surface area (Å²) in [4.78, 5) is 33.8. The van der Waals surface area contributed by atoms with E-state index in [2.05, 4.69) is 40.5 Å². The molecule has 1 N–H and O–H groups in total. The number of fused-ring (bicyclic) bond motifs is 2. The van der Waals surface area contributed by atoms with Gasteiger partial charge in [-0.3, -0.25) is 9.69 Å². The fourth-order valence-electron chi connectivity index (χ4n) is 6.23. The molecular formula is C33H36ClFN4O2S. The second-order valence-electron chi connectivity index (χ2n) is 11.4. The number of urea groups is 1. The molecule has 220 valence electrons. The molecule has 0 bridgehead atoms. The van der Waals surface area contributed by atoms with Crippen molar-refractivity contribution in [3.63, 3.8) is 0 Å². The van der Waals surface area contributed by atoms with Crippen LogP contribution in [0, 0.1) is 11.7 Å². The number of piperidine rings is 1. The Kier molecular flexibility index (Phi) is 9.03. The third-order valence-electron chi connectivity index (χ3n) is 8.57. The summed E-state index contributed by atoms with van der Waals surface area (Å²) in [5.41, 5.74) is 3.09. The van der Waals surface area contributed by atoms with E-state index in [0.717, 1.165) is 43.8 Å². The molecule has 0 aromatic heterocycles. The van der Waals surface area contributed by atoms with Gasteiger partial charge in [-0.05, 0) is 98.6 Å². The van der Waals surface area contributed by atoms with E-state index >= 15 is 0 Å². The van der Waals surface area contributed by atoms with E-state index in [-0.39, 0.29) is 23.9 Å². The maximum atomic E-state index is 14.1. The fraction of sp³-hybridized carbons (Fsp3) is 0.394. The molecule has 9 heteroatoms. The Morgan fingerprint density at radius 3 is 2.62 bits per heavy atom. The summed E-state index contributed by atoms with van der Waals surface area (Å²) in [7, 11) is 0. The standard InChI is InChI=1S/C33H36ClFN4O2S/c34-28-10-9-27(35)20-26(28)22-39-29-21-25(8-11-30(29)42-31-7-4-15-38(31)33(39)41)32(40)36-14-18-37-16-12-24(13-17-37)19-23-5-2-1-3-6-23/h1-3,5-6,8-11,20-21,24,31H,4,7,12-19,22H2,(H,36,40). The minimum atomic E-state index is -0.404. The van der Waals surface area contributed by atoms with Gasteiger partial charge >= 0.3 is 6.03 Å². The van der Waals surface area contributed by atoms with Crippen LogP contribution >= 0.6 is 23.4 Å². The molecule has 3 aliphatic rings. The first-order valence-electron chi connectivity index (χ1n) is 14.8. The van der Waals surface area contributed by atoms with Crippen molar-refractivity contribution in [3.8, 4) is 0 Å². The van der Waals surface area contributed by atoms with E-state index in [4.69, 9.17) is 11.6 Å². The van der Waals surface area contributed by atoms with Crippen LogP contribution in [0.15, 0.2) is 71.6 Å². The van der Waals surface area contributed by atoms with Crippen LogP contribution in [0.4, 0.5) is 14.9 Å². The van der Waals surface area contributed by atoms with Crippen molar-refractivity contribution in [2.24, 2.45) is 5.92 Å². The summed E-state index contributed by atoms with van der Waals surface area (Å²) in [5.74, 6) is 0.140. The van der Waals surface area contributed by atoms with Crippen LogP contribution in [-0.2, 0) is 13.0 Å². The lowest BCUT2D eigenvalue weighted by molar-refractivity contribution is 0.0943. The molecule has 0 saturated carbocycles. The van der Waals surface area contributed by atoms with Crippen LogP contribution in [0.25, 0.3) is 0 Å². The Hall–Kier alpha value is -3.07. The number of hydrogen-bond acceptors (Lipinski definition) is 4. The minimum absolute atomic E-state index is 0.0424. The Morgan fingerprint density at radius 2 is 1.81 bits per heavy atom. The smallest absolute Gasteiger partial charge is 0.325 e. The number of nitrogens with one attached hydrogen (secondary N) is 1. The summed E-state index contributed by atoms with van der Waals surface area (Å²) in [6, 6.07) is 20.3. The highest BCUT2D eigenvalue weighted by Gasteiger charge is 2.38. The number of halogens is 2. The second kappa shape index (κ2) is 13.1. The second-order valence-corrected chi connectivity index (χ2v) is 13.1. The molecule has 3 aromatic rings. The lowest BCUT2D eigenvalue weighted by atomic mass is 9.90. The quantitative estimate of drug-likeness (QED) is 0.306. The molecule has 6 nitrogen and oxygen atoms in total. The minimum Gasteiger partial charge on any atom is -0.351 e. The number of anilines is 1. The van der Waals surface area contributed by atoms with E-state index < -0.39 is 5.82 Å². The highest BCUT2D eigenvalue weighted by atomic mass is 35.5. The van der Waals surface area contributed by atoms with Crippen LogP contribution in [0.2, 0.25) is 5.02 Å². The molecule has 1 atom stereocenters. The van der Waals surface area contributed by atoms with Gasteiger partial charge in [0.05, 0.1) is 17.6 Å². The van der Waals surface area contributed by atoms with Crippen LogP contribution in [0.5, 0.6) is 0 Å². The van der Waals surface area contributed by atoms with Gasteiger partial charge in [-0.25, -0.2) is 9.18 Å². The Balaban J connectivity index is 1.10. The van der Waals surface area contributed by atoms with Crippen molar-refractivity contribution in [2.75, 3.05) is 37.6 Å². The number of carbonyl (C=O) groups excluding carboxylic acids is 2. The maximum absolute atomic E-state index is 14.1. The summed E-state index contributed by atoms with van der Waals surface area (Å²) in [5, 5.41) is 3.52. The number of amides is 3. The molecule has 1 unspecified atom stereocenters. The Morgan fingerprint density at radius 1 is 1.00 bits per heavy atom. The number of hydrogen-bond donors (Lipinski definition) is 1. The molecule has 3 amide bonds. The molecule has 2 saturated heterocycles. The van der Waals surface area contributed by atoms with E-state index in [1.54, 1.807) is 22.7 Å². The van der Waals surface area contributed by atoms with Crippen molar-refractivity contribution in [3.05, 3.63) is 94.3 Å². The van der Waals surface area contributed by atoms with Gasteiger partial charge in [0.15, 0.2) is 0 Å². The topological polar surface area (TPSA) is 55.9 Å². The van der Waals surface area contributed by atoms with Crippen LogP contribution in [0.1, 0.15) is 47.2 Å². The molecule has 0 aliphatic carbocycles. The largest absolute Gasteiger partial charge is 0.351 e. The first-order chi connectivity index (χ1) is 20.4. The number of likely N-dealkylation sites (tertiary alicyclic amines) is 1. The van der Waals surface area contributed by atoms with E-state index in [1.807, 2.05) is 17.0 Å². The third-order valence-corrected chi connectivity index (χ3v) is 10.3. The molecular weight excluding hydrogens is 571 g/mol. The molecule has 3 aromatic carbocycles. The average Bonchev–Trinajstić information content (AvgIpc) is 3.43. The third kappa shape index (κ3) is 6.61. The molecule has 42 heavy (non-hydrogen) atoms. The van der Waals surface area contributed by atoms with Gasteiger partial charge in [-0.2, -0.15) is 0 Å². The summed E-state index contributed by atoms with van der Waals surface area (Å²) < 4.78 is 14.1. The van der Waals surface area contributed by atoms with Crippen LogP contribution in [0.3, 0.4) is 0 Å². The SMILES string of the molecule is O=C(NCCN1CCC(Cc2ccccc2)CC1)c1ccc2c(c1)N(Cc1cc(F)ccc1Cl)C(=O)N1CCCC1S2. The highest BCUT2D eigenvalue weighted by Crippen LogP contribution is 2.43. The summed E-state index contributed by atoms with van der Waals surface area (Å²) in [6.07, 6.45) is 5.32. The van der Waals surface area contributed by atoms with E-state index in [1.165, 1.54) is 36.6 Å². The summed E-state index contributed by atoms with van der Waals surface area (Å²) >= 11 is 8.05. The zero-order chi connectivity index (χ0) is 29.1. The lowest BCUT2D eigenvalue weighted by Crippen LogP contribution is -2.43. The molecule has 2 fully saturated rings. The first-order valence-corrected chi connectivity index (χ1v) is 16.1. The number of rotatable bonds is 8. The predicted molar refractivity (Wildman–Crippen MR) is 167 cm³/mol. The normalized spacial score (nSPS) is 19.4. The predicted octanol–water partition coefficient (Wildman–Crippen LogP) is 6.82. The van der Waals surface area contributed by atoms with Crippen molar-refractivity contribution in [2.45, 2.75) is 48.9 Å². The van der Waals surface area contributed by atoms with Gasteiger partial charge in [0.1, 0.15) is 5.82 Å².